The van der Waals surface area contributed by atoms with Gasteiger partial charge in [0.1, 0.15) is 6.04 Å². The van der Waals surface area contributed by atoms with Crippen molar-refractivity contribution in [1.82, 2.24) is 5.32 Å². The van der Waals surface area contributed by atoms with Gasteiger partial charge in [-0.3, -0.25) is 4.79 Å². The molecule has 2 atom stereocenters. The molecule has 0 unspecified atom stereocenters. The maximum Gasteiger partial charge on any atom is 0.418 e. The summed E-state index contributed by atoms with van der Waals surface area (Å²) in [5.41, 5.74) is -2.83. The highest BCUT2D eigenvalue weighted by atomic mass is 19.4. The van der Waals surface area contributed by atoms with Crippen molar-refractivity contribution >= 4 is 5.97 Å². The lowest BCUT2D eigenvalue weighted by molar-refractivity contribution is -0.252. The molecule has 1 aliphatic heterocycles. The summed E-state index contributed by atoms with van der Waals surface area (Å²) in [5.74, 6) is -0.801. The van der Waals surface area contributed by atoms with Crippen molar-refractivity contribution in [3.8, 4) is 0 Å². The van der Waals surface area contributed by atoms with Crippen molar-refractivity contribution < 1.29 is 27.8 Å². The van der Waals surface area contributed by atoms with Crippen LogP contribution in [0.1, 0.15) is 6.42 Å². The summed E-state index contributed by atoms with van der Waals surface area (Å²) < 4.78 is 41.0. The number of carbonyl (C=O) groups excluding carboxylic acids is 1. The van der Waals surface area contributed by atoms with Crippen LogP contribution >= 0.6 is 0 Å². The van der Waals surface area contributed by atoms with Crippen molar-refractivity contribution in [3.63, 3.8) is 0 Å². The Labute approximate surface area is 78.0 Å². The molecule has 1 aliphatic rings. The summed E-state index contributed by atoms with van der Waals surface area (Å²) in [5, 5.41) is 11.4. The summed E-state index contributed by atoms with van der Waals surface area (Å²) >= 11 is 0. The van der Waals surface area contributed by atoms with E-state index in [2.05, 4.69) is 10.1 Å². The van der Waals surface area contributed by atoms with Crippen LogP contribution in [0.3, 0.4) is 0 Å². The molecule has 2 N–H and O–H groups in total. The molecule has 0 amide bonds. The zero-order chi connectivity index (χ0) is 11.0. The Morgan fingerprint density at radius 3 is 2.57 bits per heavy atom. The number of rotatable bonds is 1. The molecule has 0 spiro atoms. The molecule has 0 aromatic carbocycles. The van der Waals surface area contributed by atoms with Gasteiger partial charge in [-0.1, -0.05) is 0 Å². The quantitative estimate of drug-likeness (QED) is 0.593. The lowest BCUT2D eigenvalue weighted by atomic mass is 10.00. The van der Waals surface area contributed by atoms with E-state index in [4.69, 9.17) is 5.11 Å². The van der Waals surface area contributed by atoms with Crippen LogP contribution in [0.2, 0.25) is 0 Å². The molecule has 82 valence electrons. The number of β-amino-alcohol motifs (C(OH)–C–C–N with tert-alkyl or cyclic N) is 1. The van der Waals surface area contributed by atoms with Gasteiger partial charge in [0.2, 0.25) is 0 Å². The average Bonchev–Trinajstić information content (AvgIpc) is 2.47. The van der Waals surface area contributed by atoms with Crippen LogP contribution in [0.5, 0.6) is 0 Å². The van der Waals surface area contributed by atoms with Gasteiger partial charge in [0.05, 0.1) is 7.11 Å². The topological polar surface area (TPSA) is 58.6 Å². The van der Waals surface area contributed by atoms with Gasteiger partial charge in [-0.25, -0.2) is 0 Å². The zero-order valence-electron chi connectivity index (χ0n) is 7.39. The lowest BCUT2D eigenvalue weighted by Gasteiger charge is -2.24. The molecule has 0 saturated carbocycles. The number of halogens is 3. The third-order valence-corrected chi connectivity index (χ3v) is 2.20. The van der Waals surface area contributed by atoms with Gasteiger partial charge in [0.25, 0.3) is 0 Å². The van der Waals surface area contributed by atoms with Crippen LogP contribution in [0.4, 0.5) is 13.2 Å². The second-order valence-electron chi connectivity index (χ2n) is 3.19. The van der Waals surface area contributed by atoms with E-state index in [1.54, 1.807) is 0 Å². The third-order valence-electron chi connectivity index (χ3n) is 2.20. The first-order valence-corrected chi connectivity index (χ1v) is 3.90. The van der Waals surface area contributed by atoms with Gasteiger partial charge in [-0.2, -0.15) is 13.2 Å². The minimum absolute atomic E-state index is 0.684. The third kappa shape index (κ3) is 1.83. The molecule has 1 rings (SSSR count). The fourth-order valence-corrected chi connectivity index (χ4v) is 1.30. The van der Waals surface area contributed by atoms with Crippen LogP contribution < -0.4 is 5.32 Å². The van der Waals surface area contributed by atoms with Crippen LogP contribution in [-0.2, 0) is 9.53 Å². The predicted octanol–water partition coefficient (Wildman–Crippen LogP) is -0.185. The van der Waals surface area contributed by atoms with Gasteiger partial charge in [0, 0.05) is 13.0 Å². The fraction of sp³-hybridized carbons (Fsp3) is 0.857. The molecule has 1 saturated heterocycles. The highest BCUT2D eigenvalue weighted by Gasteiger charge is 2.58. The first-order valence-electron chi connectivity index (χ1n) is 3.90. The maximum atomic E-state index is 12.2. The molecule has 1 heterocycles. The average molecular weight is 213 g/mol. The molecule has 0 aromatic rings. The minimum atomic E-state index is -4.73. The van der Waals surface area contributed by atoms with Crippen LogP contribution in [-0.4, -0.2) is 42.5 Å². The number of alkyl halides is 3. The molecule has 0 bridgehead atoms. The summed E-state index contributed by atoms with van der Waals surface area (Å²) in [6.07, 6.45) is -5.44. The smallest absolute Gasteiger partial charge is 0.418 e. The molecule has 0 aliphatic carbocycles. The van der Waals surface area contributed by atoms with Gasteiger partial charge < -0.3 is 15.2 Å². The number of hydrogen-bond donors (Lipinski definition) is 2. The Balaban J connectivity index is 2.69. The molecule has 7 heteroatoms. The first-order chi connectivity index (χ1) is 6.30. The van der Waals surface area contributed by atoms with Gasteiger partial charge in [-0.15, -0.1) is 0 Å². The molecule has 1 fully saturated rings. The monoisotopic (exact) mass is 213 g/mol. The SMILES string of the molecule is COC(=O)[C@@H]1C[C@@](O)(C(F)(F)F)CN1. The van der Waals surface area contributed by atoms with E-state index in [9.17, 15) is 18.0 Å². The highest BCUT2D eigenvalue weighted by molar-refractivity contribution is 5.76. The number of aliphatic hydroxyl groups is 1. The van der Waals surface area contributed by atoms with E-state index < -0.39 is 36.8 Å². The van der Waals surface area contributed by atoms with Crippen LogP contribution in [0.25, 0.3) is 0 Å². The van der Waals surface area contributed by atoms with Gasteiger partial charge in [0.15, 0.2) is 5.60 Å². The van der Waals surface area contributed by atoms with E-state index in [-0.39, 0.29) is 0 Å². The molecular weight excluding hydrogens is 203 g/mol. The maximum absolute atomic E-state index is 12.2. The zero-order valence-corrected chi connectivity index (χ0v) is 7.39. The van der Waals surface area contributed by atoms with E-state index in [1.807, 2.05) is 0 Å². The molecular formula is C7H10F3NO3. The summed E-state index contributed by atoms with van der Waals surface area (Å²) in [4.78, 5) is 10.9. The number of methoxy groups -OCH3 is 1. The summed E-state index contributed by atoms with van der Waals surface area (Å²) in [6.45, 7) is -0.684. The molecule has 4 nitrogen and oxygen atoms in total. The second kappa shape index (κ2) is 3.39. The summed E-state index contributed by atoms with van der Waals surface area (Å²) in [7, 11) is 1.08. The van der Waals surface area contributed by atoms with Crippen molar-refractivity contribution in [1.29, 1.82) is 0 Å². The van der Waals surface area contributed by atoms with Crippen LogP contribution in [0.15, 0.2) is 0 Å². The second-order valence-corrected chi connectivity index (χ2v) is 3.19. The Kier molecular flexibility index (Phi) is 2.73. The van der Waals surface area contributed by atoms with E-state index in [0.29, 0.717) is 0 Å². The van der Waals surface area contributed by atoms with E-state index in [0.717, 1.165) is 7.11 Å². The Morgan fingerprint density at radius 1 is 1.64 bits per heavy atom. The first kappa shape index (κ1) is 11.3. The number of carbonyl (C=O) groups is 1. The number of esters is 1. The van der Waals surface area contributed by atoms with Gasteiger partial charge >= 0.3 is 12.1 Å². The summed E-state index contributed by atoms with van der Waals surface area (Å²) in [6, 6.07) is -1.09. The van der Waals surface area contributed by atoms with E-state index >= 15 is 0 Å². The highest BCUT2D eigenvalue weighted by Crippen LogP contribution is 2.36. The normalized spacial score (nSPS) is 33.1. The largest absolute Gasteiger partial charge is 0.468 e. The van der Waals surface area contributed by atoms with Crippen molar-refractivity contribution in [2.24, 2.45) is 0 Å². The minimum Gasteiger partial charge on any atom is -0.468 e. The number of nitrogens with one attached hydrogen (secondary N) is 1. The number of hydrogen-bond acceptors (Lipinski definition) is 4. The van der Waals surface area contributed by atoms with Crippen molar-refractivity contribution in [3.05, 3.63) is 0 Å². The molecule has 0 aromatic heterocycles. The van der Waals surface area contributed by atoms with Gasteiger partial charge in [-0.05, 0) is 0 Å². The Bertz CT molecular complexity index is 243. The van der Waals surface area contributed by atoms with Crippen molar-refractivity contribution in [2.75, 3.05) is 13.7 Å². The Morgan fingerprint density at radius 2 is 2.21 bits per heavy atom. The van der Waals surface area contributed by atoms with Crippen molar-refractivity contribution in [2.45, 2.75) is 24.2 Å². The fourth-order valence-electron chi connectivity index (χ4n) is 1.30. The number of ether oxygens (including phenoxy) is 1. The predicted molar refractivity (Wildman–Crippen MR) is 39.4 cm³/mol. The Hall–Kier alpha value is -0.820. The molecule has 0 radical (unpaired) electrons. The van der Waals surface area contributed by atoms with E-state index in [1.165, 1.54) is 0 Å². The lowest BCUT2D eigenvalue weighted by Crippen LogP contribution is -2.46. The molecule has 14 heavy (non-hydrogen) atoms. The van der Waals surface area contributed by atoms with Crippen LogP contribution in [0, 0.1) is 0 Å². The standard InChI is InChI=1S/C7H10F3NO3/c1-14-5(12)4-2-6(13,3-11-4)7(8,9)10/h4,11,13H,2-3H2,1H3/t4-,6-/m0/s1.